The van der Waals surface area contributed by atoms with Gasteiger partial charge < -0.3 is 21.6 Å². The number of ether oxygens (including phenoxy) is 1. The number of thiol groups is 1. The maximum absolute atomic E-state index is 12.3. The highest BCUT2D eigenvalue weighted by molar-refractivity contribution is 7.79. The van der Waals surface area contributed by atoms with Crippen molar-refractivity contribution in [1.82, 2.24) is 9.97 Å². The molecule has 5 N–H and O–H groups in total. The minimum Gasteiger partial charge on any atom is -0.494 e. The number of nitrogens with two attached hydrogens (primary N) is 2. The quantitative estimate of drug-likeness (QED) is 0.200. The van der Waals surface area contributed by atoms with E-state index in [1.807, 2.05) is 18.2 Å². The van der Waals surface area contributed by atoms with Crippen LogP contribution in [-0.2, 0) is 12.2 Å². The second-order valence-electron chi connectivity index (χ2n) is 6.23. The molecule has 0 fully saturated rings. The number of rotatable bonds is 10. The summed E-state index contributed by atoms with van der Waals surface area (Å²) < 4.78 is 5.76. The number of ketones is 1. The lowest BCUT2D eigenvalue weighted by molar-refractivity contribution is 0.0996. The summed E-state index contributed by atoms with van der Waals surface area (Å²) in [5, 5.41) is 7.93. The summed E-state index contributed by atoms with van der Waals surface area (Å²) in [5.41, 5.74) is 13.8. The number of nitrogens with one attached hydrogen (secondary N) is 1. The van der Waals surface area contributed by atoms with E-state index in [1.165, 1.54) is 11.1 Å². The number of aryl methyl sites for hydroxylation is 1. The van der Waals surface area contributed by atoms with Crippen molar-refractivity contribution in [3.8, 4) is 5.75 Å². The molecule has 0 atom stereocenters. The van der Waals surface area contributed by atoms with E-state index in [0.717, 1.165) is 12.2 Å². The third-order valence-corrected chi connectivity index (χ3v) is 4.78. The number of halogens is 1. The summed E-state index contributed by atoms with van der Waals surface area (Å²) in [6, 6.07) is 5.96. The first-order chi connectivity index (χ1) is 13.3. The molecule has 0 unspecified atom stereocenters. The molecule has 2 aromatic rings. The molecule has 9 heteroatoms. The Morgan fingerprint density at radius 3 is 2.68 bits per heavy atom. The molecule has 2 rings (SSSR count). The van der Waals surface area contributed by atoms with Gasteiger partial charge in [-0.3, -0.25) is 4.79 Å². The lowest BCUT2D eigenvalue weighted by Gasteiger charge is -2.11. The molecule has 1 aromatic heterocycles. The molecule has 1 aromatic carbocycles. The Labute approximate surface area is 174 Å². The van der Waals surface area contributed by atoms with Crippen molar-refractivity contribution in [2.75, 3.05) is 18.1 Å². The molecule has 7 nitrogen and oxygen atoms in total. The first kappa shape index (κ1) is 22.0. The normalized spacial score (nSPS) is 10.7. The summed E-state index contributed by atoms with van der Waals surface area (Å²) in [7, 11) is 0. The standard InChI is InChI=1S/C19H24ClN5O2S/c1-2-11-8-14(6-5-12(11)10-28)27-7-3-4-13(21)9-15(26)16-18(22)25-19(23)17(20)24-16/h5-6,8,21,28H,2-4,7,9-10H2,1H3,(H4,22,23,25). The molecular formula is C19H24ClN5O2S. The van der Waals surface area contributed by atoms with Crippen molar-refractivity contribution < 1.29 is 9.53 Å². The smallest absolute Gasteiger partial charge is 0.190 e. The first-order valence-electron chi connectivity index (χ1n) is 8.89. The van der Waals surface area contributed by atoms with Gasteiger partial charge in [-0.1, -0.05) is 24.6 Å². The highest BCUT2D eigenvalue weighted by Gasteiger charge is 2.17. The van der Waals surface area contributed by atoms with E-state index in [4.69, 9.17) is 33.2 Å². The van der Waals surface area contributed by atoms with Crippen molar-refractivity contribution in [3.05, 3.63) is 40.2 Å². The van der Waals surface area contributed by atoms with Crippen molar-refractivity contribution in [1.29, 1.82) is 5.41 Å². The third-order valence-electron chi connectivity index (χ3n) is 4.16. The van der Waals surface area contributed by atoms with E-state index in [9.17, 15) is 4.79 Å². The van der Waals surface area contributed by atoms with E-state index in [0.29, 0.717) is 25.2 Å². The molecule has 0 saturated carbocycles. The Morgan fingerprint density at radius 1 is 1.25 bits per heavy atom. The van der Waals surface area contributed by atoms with Gasteiger partial charge in [0, 0.05) is 11.5 Å². The minimum atomic E-state index is -0.409. The zero-order chi connectivity index (χ0) is 20.7. The molecule has 0 radical (unpaired) electrons. The molecular weight excluding hydrogens is 398 g/mol. The van der Waals surface area contributed by atoms with E-state index in [1.54, 1.807) is 0 Å². The van der Waals surface area contributed by atoms with Crippen LogP contribution >= 0.6 is 24.2 Å². The summed E-state index contributed by atoms with van der Waals surface area (Å²) in [6.07, 6.45) is 1.86. The van der Waals surface area contributed by atoms with Gasteiger partial charge in [-0.2, -0.15) is 12.6 Å². The highest BCUT2D eigenvalue weighted by Crippen LogP contribution is 2.21. The Balaban J connectivity index is 1.82. The van der Waals surface area contributed by atoms with Crippen LogP contribution in [0.3, 0.4) is 0 Å². The fourth-order valence-electron chi connectivity index (χ4n) is 2.66. The molecule has 0 saturated heterocycles. The molecule has 0 amide bonds. The van der Waals surface area contributed by atoms with Crippen LogP contribution in [0.1, 0.15) is 47.8 Å². The van der Waals surface area contributed by atoms with Gasteiger partial charge in [0.15, 0.2) is 28.3 Å². The number of anilines is 2. The second kappa shape index (κ2) is 10.3. The molecule has 0 aliphatic carbocycles. The Kier molecular flexibility index (Phi) is 8.07. The number of nitrogens with zero attached hydrogens (tertiary/aromatic N) is 2. The number of benzene rings is 1. The van der Waals surface area contributed by atoms with Gasteiger partial charge in [-0.05, 0) is 42.5 Å². The van der Waals surface area contributed by atoms with Crippen molar-refractivity contribution >= 4 is 47.4 Å². The number of hydrogen-bond acceptors (Lipinski definition) is 8. The summed E-state index contributed by atoms with van der Waals surface area (Å²) in [6.45, 7) is 2.55. The van der Waals surface area contributed by atoms with E-state index in [-0.39, 0.29) is 34.6 Å². The highest BCUT2D eigenvalue weighted by atomic mass is 35.5. The van der Waals surface area contributed by atoms with E-state index in [2.05, 4.69) is 29.5 Å². The van der Waals surface area contributed by atoms with Gasteiger partial charge in [0.25, 0.3) is 0 Å². The van der Waals surface area contributed by atoms with Crippen molar-refractivity contribution in [3.63, 3.8) is 0 Å². The van der Waals surface area contributed by atoms with Crippen molar-refractivity contribution in [2.24, 2.45) is 0 Å². The van der Waals surface area contributed by atoms with Gasteiger partial charge in [-0.15, -0.1) is 0 Å². The fourth-order valence-corrected chi connectivity index (χ4v) is 3.10. The fraction of sp³-hybridized carbons (Fsp3) is 0.368. The van der Waals surface area contributed by atoms with Gasteiger partial charge in [0.05, 0.1) is 13.0 Å². The number of aromatic nitrogens is 2. The average molecular weight is 422 g/mol. The number of nitrogen functional groups attached to an aromatic ring is 2. The van der Waals surface area contributed by atoms with Crippen LogP contribution in [-0.4, -0.2) is 28.1 Å². The molecule has 28 heavy (non-hydrogen) atoms. The molecule has 0 aliphatic heterocycles. The van der Waals surface area contributed by atoms with Gasteiger partial charge in [0.1, 0.15) is 5.75 Å². The van der Waals surface area contributed by atoms with Crippen LogP contribution in [0.2, 0.25) is 5.15 Å². The van der Waals surface area contributed by atoms with Crippen LogP contribution in [0.15, 0.2) is 18.2 Å². The number of hydrogen-bond donors (Lipinski definition) is 4. The number of carbonyl (C=O) groups excluding carboxylic acids is 1. The Bertz CT molecular complexity index is 876. The molecule has 0 bridgehead atoms. The molecule has 150 valence electrons. The Hall–Kier alpha value is -2.32. The largest absolute Gasteiger partial charge is 0.494 e. The summed E-state index contributed by atoms with van der Waals surface area (Å²) >= 11 is 10.1. The molecule has 0 aliphatic rings. The van der Waals surface area contributed by atoms with Crippen LogP contribution in [0.25, 0.3) is 0 Å². The Morgan fingerprint density at radius 2 is 2.00 bits per heavy atom. The summed E-state index contributed by atoms with van der Waals surface area (Å²) in [5.74, 6) is 0.969. The first-order valence-corrected chi connectivity index (χ1v) is 9.90. The SMILES string of the molecule is CCc1cc(OCCCC(=N)CC(=O)c2nc(Cl)c(N)nc2N)ccc1CS. The van der Waals surface area contributed by atoms with Crippen LogP contribution < -0.4 is 16.2 Å². The second-order valence-corrected chi connectivity index (χ2v) is 6.91. The predicted octanol–water partition coefficient (Wildman–Crippen LogP) is 3.74. The van der Waals surface area contributed by atoms with Crippen molar-refractivity contribution in [2.45, 2.75) is 38.4 Å². The van der Waals surface area contributed by atoms with Crippen LogP contribution in [0.4, 0.5) is 11.6 Å². The van der Waals surface area contributed by atoms with Crippen LogP contribution in [0, 0.1) is 5.41 Å². The van der Waals surface area contributed by atoms with Gasteiger partial charge >= 0.3 is 0 Å². The zero-order valence-corrected chi connectivity index (χ0v) is 17.3. The van der Waals surface area contributed by atoms with Gasteiger partial charge in [-0.25, -0.2) is 9.97 Å². The third kappa shape index (κ3) is 5.84. The number of carbonyl (C=O) groups is 1. The number of Topliss-reactive ketones (excluding diaryl/α,β-unsaturated/α-hetero) is 1. The monoisotopic (exact) mass is 421 g/mol. The van der Waals surface area contributed by atoms with E-state index >= 15 is 0 Å². The molecule has 0 spiro atoms. The average Bonchev–Trinajstić information content (AvgIpc) is 2.67. The minimum absolute atomic E-state index is 0.0309. The molecule has 1 heterocycles. The predicted molar refractivity (Wildman–Crippen MR) is 116 cm³/mol. The van der Waals surface area contributed by atoms with E-state index < -0.39 is 5.78 Å². The maximum atomic E-state index is 12.3. The lowest BCUT2D eigenvalue weighted by Crippen LogP contribution is -2.14. The van der Waals surface area contributed by atoms with Crippen LogP contribution in [0.5, 0.6) is 5.75 Å². The summed E-state index contributed by atoms with van der Waals surface area (Å²) in [4.78, 5) is 19.9. The topological polar surface area (TPSA) is 128 Å². The zero-order valence-electron chi connectivity index (χ0n) is 15.7. The lowest BCUT2D eigenvalue weighted by atomic mass is 10.1. The van der Waals surface area contributed by atoms with Gasteiger partial charge in [0.2, 0.25) is 0 Å². The maximum Gasteiger partial charge on any atom is 0.190 e.